The summed E-state index contributed by atoms with van der Waals surface area (Å²) in [6, 6.07) is 59.2. The summed E-state index contributed by atoms with van der Waals surface area (Å²) in [5, 5.41) is 24.6. The Kier molecular flexibility index (Phi) is 7.33. The first-order valence-corrected chi connectivity index (χ1v) is 30.5. The van der Waals surface area contributed by atoms with Crippen LogP contribution in [0.25, 0.3) is 0 Å². The molecule has 9 aromatic rings. The molecule has 6 aliphatic rings. The first-order valence-electron chi connectivity index (χ1n) is 22.1. The van der Waals surface area contributed by atoms with Crippen molar-refractivity contribution in [1.29, 1.82) is 0 Å². The Morgan fingerprint density at radius 3 is 0.912 bits per heavy atom. The predicted octanol–water partition coefficient (Wildman–Crippen LogP) is 8.25. The van der Waals surface area contributed by atoms with Crippen molar-refractivity contribution in [3.63, 3.8) is 0 Å². The van der Waals surface area contributed by atoms with E-state index in [1.807, 2.05) is 109 Å². The van der Waals surface area contributed by atoms with Crippen LogP contribution in [-0.2, 0) is 0 Å². The van der Waals surface area contributed by atoms with E-state index in [-0.39, 0.29) is 21.2 Å². The maximum atomic E-state index is 12.3. The number of nitro benzene ring substituents is 2. The molecule has 15 rings (SSSR count). The van der Waals surface area contributed by atoms with E-state index < -0.39 is 26.5 Å². The normalized spacial score (nSPS) is 15.4. The molecule has 0 bridgehead atoms. The number of benzene rings is 9. The van der Waals surface area contributed by atoms with Gasteiger partial charge in [0.05, 0.1) is 0 Å². The van der Waals surface area contributed by atoms with Crippen molar-refractivity contribution in [3.8, 4) is 46.0 Å². The number of non-ortho nitro benzene ring substituents is 2. The summed E-state index contributed by atoms with van der Waals surface area (Å²) in [4.78, 5) is 28.4. The number of hydrogen-bond donors (Lipinski definition) is 0. The van der Waals surface area contributed by atoms with Gasteiger partial charge in [0.25, 0.3) is 0 Å². The predicted molar refractivity (Wildman–Crippen MR) is 264 cm³/mol. The van der Waals surface area contributed by atoms with Crippen LogP contribution in [0.5, 0.6) is 46.0 Å². The number of rotatable bonds is 6. The molecule has 0 N–H and O–H groups in total. The van der Waals surface area contributed by atoms with Crippen LogP contribution >= 0.6 is 0 Å². The summed E-state index contributed by atoms with van der Waals surface area (Å²) in [5.41, 5.74) is 5.68. The third kappa shape index (κ3) is 4.46. The molecule has 6 heterocycles. The summed E-state index contributed by atoms with van der Waals surface area (Å²) in [5.74, 6) is 4.74. The second-order valence-electron chi connectivity index (χ2n) is 17.5. The minimum absolute atomic E-state index is 0.0101. The van der Waals surface area contributed by atoms with Gasteiger partial charge in [0.15, 0.2) is 0 Å². The fourth-order valence-electron chi connectivity index (χ4n) is 12.1. The number of hydrogen-bond acceptors (Lipinski definition) is 10. The third-order valence-corrected chi connectivity index (χ3v) is 35.0. The zero-order chi connectivity index (χ0) is 45.2. The molecular weight excluding hydrogens is 978 g/mol. The van der Waals surface area contributed by atoms with E-state index in [4.69, 9.17) is 18.9 Å². The van der Waals surface area contributed by atoms with Crippen LogP contribution in [0.2, 0.25) is 0 Å². The van der Waals surface area contributed by atoms with Gasteiger partial charge in [0.1, 0.15) is 0 Å². The van der Waals surface area contributed by atoms with Crippen LogP contribution in [0, 0.1) is 20.2 Å². The van der Waals surface area contributed by atoms with Crippen LogP contribution in [0.4, 0.5) is 45.5 Å². The van der Waals surface area contributed by atoms with Crippen molar-refractivity contribution >= 4 is 107 Å². The van der Waals surface area contributed by atoms with Gasteiger partial charge >= 0.3 is 394 Å². The molecule has 68 heavy (non-hydrogen) atoms. The molecule has 6 aliphatic heterocycles. The molecule has 0 spiro atoms. The van der Waals surface area contributed by atoms with Crippen molar-refractivity contribution in [2.75, 3.05) is 9.80 Å². The molecule has 322 valence electrons. The van der Waals surface area contributed by atoms with Gasteiger partial charge in [-0.3, -0.25) is 0 Å². The molecule has 0 amide bonds. The van der Waals surface area contributed by atoms with Crippen molar-refractivity contribution in [1.82, 2.24) is 0 Å². The first-order chi connectivity index (χ1) is 33.4. The summed E-state index contributed by atoms with van der Waals surface area (Å²) in [6.45, 7) is 0. The van der Waals surface area contributed by atoms with E-state index in [0.29, 0.717) is 46.0 Å². The Hall–Kier alpha value is -8.33. The number of nitrogens with zero attached hydrogens (tertiary/aromatic N) is 4. The zero-order valence-corrected chi connectivity index (χ0v) is 39.6. The van der Waals surface area contributed by atoms with Crippen LogP contribution in [0.3, 0.4) is 0 Å². The SMILES string of the molecule is O=[N+]([O-])c1cc[c]([Ge]23[c]4c5cccc4N(c4ccccc4)c4cccc([c]42)Oc2c4[c]6c(c([c]23)O5)Oc2cccc3[c]2[Ge]6([c]2ccc([N+](=O)[O-])cc2)[c]2c(cccc2N3c2ccccc2)O4)cc1. The standard InChI is InChI=1S/C54H30Ge2N4O8/c61-59(62)35-27-23-31(24-28-35)55-45-37-15-7-19-41(45)65-51-49(55)52(66-42-20-8-16-38(46(42)55)57(37)33-11-3-1-4-12-33)54-50-53(51)67-43-21-9-17-39-47(43)56(50,32-25-29-36(30-26-32)60(63)64)48-40(18-10-22-44(48)68-54)58(39)34-13-5-2-6-14-34/h1-30H. The molecule has 0 unspecified atom stereocenters. The van der Waals surface area contributed by atoms with E-state index in [2.05, 4.69) is 58.3 Å². The first kappa shape index (κ1) is 37.8. The molecule has 9 aromatic carbocycles. The van der Waals surface area contributed by atoms with Crippen molar-refractivity contribution in [2.24, 2.45) is 0 Å². The molecule has 0 saturated heterocycles. The Bertz CT molecular complexity index is 3390. The van der Waals surface area contributed by atoms with Crippen molar-refractivity contribution < 1.29 is 28.8 Å². The maximum absolute atomic E-state index is 12.3. The molecule has 14 heteroatoms. The van der Waals surface area contributed by atoms with Gasteiger partial charge in [0.2, 0.25) is 0 Å². The van der Waals surface area contributed by atoms with E-state index in [0.717, 1.165) is 69.3 Å². The Morgan fingerprint density at radius 2 is 0.632 bits per heavy atom. The van der Waals surface area contributed by atoms with Gasteiger partial charge in [-0.25, -0.2) is 0 Å². The summed E-state index contributed by atoms with van der Waals surface area (Å²) in [6.07, 6.45) is 0. The van der Waals surface area contributed by atoms with Crippen LogP contribution in [0.15, 0.2) is 182 Å². The number of ether oxygens (including phenoxy) is 4. The summed E-state index contributed by atoms with van der Waals surface area (Å²) in [7, 11) is 0. The van der Waals surface area contributed by atoms with Crippen LogP contribution in [-0.4, -0.2) is 36.4 Å². The van der Waals surface area contributed by atoms with Crippen molar-refractivity contribution in [2.45, 2.75) is 0 Å². The van der Waals surface area contributed by atoms with E-state index in [1.54, 1.807) is 24.3 Å². The van der Waals surface area contributed by atoms with E-state index in [9.17, 15) is 20.2 Å². The van der Waals surface area contributed by atoms with E-state index >= 15 is 0 Å². The van der Waals surface area contributed by atoms with Crippen LogP contribution < -0.4 is 63.9 Å². The number of fused-ring (bicyclic) bond motifs is 2. The van der Waals surface area contributed by atoms with Gasteiger partial charge in [-0.1, -0.05) is 0 Å². The van der Waals surface area contributed by atoms with Crippen molar-refractivity contribution in [3.05, 3.63) is 202 Å². The fourth-order valence-corrected chi connectivity index (χ4v) is 35.0. The molecule has 0 aliphatic carbocycles. The molecular formula is C54H30Ge2N4O8. The minimum atomic E-state index is -4.53. The summed E-state index contributed by atoms with van der Waals surface area (Å²) >= 11 is -9.06. The quantitative estimate of drug-likeness (QED) is 0.0913. The Labute approximate surface area is 391 Å². The Morgan fingerprint density at radius 1 is 0.338 bits per heavy atom. The van der Waals surface area contributed by atoms with Crippen LogP contribution in [0.1, 0.15) is 0 Å². The van der Waals surface area contributed by atoms with E-state index in [1.165, 1.54) is 0 Å². The second kappa shape index (κ2) is 13.2. The van der Waals surface area contributed by atoms with Gasteiger partial charge < -0.3 is 0 Å². The number of anilines is 6. The molecule has 0 aromatic heterocycles. The molecule has 0 saturated carbocycles. The third-order valence-electron chi connectivity index (χ3n) is 14.5. The van der Waals surface area contributed by atoms with Gasteiger partial charge in [-0.15, -0.1) is 0 Å². The van der Waals surface area contributed by atoms with Gasteiger partial charge in [0, 0.05) is 0 Å². The number of para-hydroxylation sites is 2. The topological polar surface area (TPSA) is 130 Å². The average molecular weight is 1010 g/mol. The molecule has 0 atom stereocenters. The summed E-state index contributed by atoms with van der Waals surface area (Å²) < 4.78 is 37.5. The molecule has 0 fully saturated rings. The Balaban J connectivity index is 1.12. The second-order valence-corrected chi connectivity index (χ2v) is 32.5. The van der Waals surface area contributed by atoms with Gasteiger partial charge in [-0.05, 0) is 0 Å². The number of nitro groups is 2. The average Bonchev–Trinajstić information content (AvgIpc) is 3.38. The van der Waals surface area contributed by atoms with Gasteiger partial charge in [-0.2, -0.15) is 0 Å². The molecule has 12 nitrogen and oxygen atoms in total. The monoisotopic (exact) mass is 1010 g/mol. The fraction of sp³-hybridized carbons (Fsp3) is 0. The zero-order valence-electron chi connectivity index (χ0n) is 35.4. The molecule has 0 radical (unpaired) electrons.